The summed E-state index contributed by atoms with van der Waals surface area (Å²) in [6.07, 6.45) is 7.05. The van der Waals surface area contributed by atoms with Gasteiger partial charge >= 0.3 is 0 Å². The zero-order valence-electron chi connectivity index (χ0n) is 21.7. The van der Waals surface area contributed by atoms with Crippen molar-refractivity contribution >= 4 is 27.7 Å². The molecule has 1 atom stereocenters. The largest absolute Gasteiger partial charge is 0.352 e. The Morgan fingerprint density at radius 3 is 2.19 bits per heavy atom. The average Bonchev–Trinajstić information content (AvgIpc) is 2.92. The Bertz CT molecular complexity index is 1140. The van der Waals surface area contributed by atoms with Gasteiger partial charge < -0.3 is 10.2 Å². The van der Waals surface area contributed by atoms with Gasteiger partial charge in [0.2, 0.25) is 11.8 Å². The van der Waals surface area contributed by atoms with Gasteiger partial charge in [0, 0.05) is 29.9 Å². The van der Waals surface area contributed by atoms with Crippen LogP contribution >= 0.6 is 15.9 Å². The van der Waals surface area contributed by atoms with Crippen LogP contribution < -0.4 is 5.32 Å². The summed E-state index contributed by atoms with van der Waals surface area (Å²) in [5.41, 5.74) is 4.40. The number of aryl methyl sites for hydroxylation is 2. The van der Waals surface area contributed by atoms with E-state index in [4.69, 9.17) is 0 Å². The summed E-state index contributed by atoms with van der Waals surface area (Å²) in [4.78, 5) is 29.4. The third-order valence-electron chi connectivity index (χ3n) is 7.24. The molecular weight excluding hydrogens is 524 g/mol. The molecule has 1 aliphatic rings. The van der Waals surface area contributed by atoms with E-state index in [0.717, 1.165) is 46.8 Å². The van der Waals surface area contributed by atoms with Gasteiger partial charge in [0.05, 0.1) is 0 Å². The van der Waals surface area contributed by atoms with Crippen molar-refractivity contribution < 1.29 is 9.59 Å². The van der Waals surface area contributed by atoms with Gasteiger partial charge in [0.15, 0.2) is 0 Å². The molecular formula is C32H37BrN2O2. The molecule has 1 unspecified atom stereocenters. The molecule has 1 fully saturated rings. The van der Waals surface area contributed by atoms with Crippen molar-refractivity contribution in [1.29, 1.82) is 0 Å². The first kappa shape index (κ1) is 27.1. The van der Waals surface area contributed by atoms with Crippen LogP contribution in [0.25, 0.3) is 0 Å². The number of amides is 2. The number of halogens is 1. The van der Waals surface area contributed by atoms with Gasteiger partial charge in [0.25, 0.3) is 0 Å². The van der Waals surface area contributed by atoms with Gasteiger partial charge in [-0.25, -0.2) is 0 Å². The second-order valence-corrected chi connectivity index (χ2v) is 11.1. The van der Waals surface area contributed by atoms with E-state index in [1.54, 1.807) is 0 Å². The van der Waals surface area contributed by atoms with Gasteiger partial charge in [-0.3, -0.25) is 9.59 Å². The summed E-state index contributed by atoms with van der Waals surface area (Å²) in [6, 6.07) is 26.0. The number of carbonyl (C=O) groups excluding carboxylic acids is 2. The predicted octanol–water partition coefficient (Wildman–Crippen LogP) is 6.78. The second-order valence-electron chi connectivity index (χ2n) is 10.2. The molecule has 5 heteroatoms. The Kier molecular flexibility index (Phi) is 9.95. The highest BCUT2D eigenvalue weighted by Gasteiger charge is 2.31. The summed E-state index contributed by atoms with van der Waals surface area (Å²) in [6.45, 7) is 2.46. The van der Waals surface area contributed by atoms with E-state index in [-0.39, 0.29) is 17.9 Å². The molecule has 194 valence electrons. The van der Waals surface area contributed by atoms with Gasteiger partial charge in [-0.1, -0.05) is 107 Å². The van der Waals surface area contributed by atoms with Crippen molar-refractivity contribution in [3.05, 3.63) is 106 Å². The Morgan fingerprint density at radius 2 is 1.51 bits per heavy atom. The number of hydrogen-bond donors (Lipinski definition) is 1. The molecule has 1 N–H and O–H groups in total. The summed E-state index contributed by atoms with van der Waals surface area (Å²) in [5, 5.41) is 3.31. The molecule has 0 heterocycles. The minimum Gasteiger partial charge on any atom is -0.352 e. The lowest BCUT2D eigenvalue weighted by molar-refractivity contribution is -0.141. The number of rotatable bonds is 10. The van der Waals surface area contributed by atoms with Crippen LogP contribution in [0.3, 0.4) is 0 Å². The fourth-order valence-electron chi connectivity index (χ4n) is 5.03. The number of nitrogens with zero attached hydrogens (tertiary/aromatic N) is 1. The van der Waals surface area contributed by atoms with Crippen LogP contribution in [0.1, 0.15) is 60.8 Å². The summed E-state index contributed by atoms with van der Waals surface area (Å²) in [7, 11) is 0. The van der Waals surface area contributed by atoms with Gasteiger partial charge in [-0.15, -0.1) is 0 Å². The maximum absolute atomic E-state index is 13.8. The van der Waals surface area contributed by atoms with Crippen molar-refractivity contribution in [1.82, 2.24) is 10.2 Å². The van der Waals surface area contributed by atoms with Crippen molar-refractivity contribution in [3.8, 4) is 0 Å². The molecule has 3 aromatic rings. The number of hydrogen-bond acceptors (Lipinski definition) is 2. The van der Waals surface area contributed by atoms with E-state index >= 15 is 0 Å². The number of carbonyl (C=O) groups is 2. The molecule has 4 nitrogen and oxygen atoms in total. The van der Waals surface area contributed by atoms with Gasteiger partial charge in [0.1, 0.15) is 6.04 Å². The first-order chi connectivity index (χ1) is 18.0. The molecule has 1 saturated carbocycles. The van der Waals surface area contributed by atoms with Crippen molar-refractivity contribution in [2.75, 3.05) is 0 Å². The van der Waals surface area contributed by atoms with Crippen LogP contribution in [-0.2, 0) is 29.0 Å². The Labute approximate surface area is 229 Å². The zero-order chi connectivity index (χ0) is 26.0. The van der Waals surface area contributed by atoms with Crippen molar-refractivity contribution in [2.24, 2.45) is 0 Å². The number of nitrogens with one attached hydrogen (secondary N) is 1. The molecule has 4 rings (SSSR count). The smallest absolute Gasteiger partial charge is 0.243 e. The molecule has 1 aliphatic carbocycles. The SMILES string of the molecule is Cc1ccc(CCC(=O)N(Cc2ccc(Br)cc2)C(Cc2ccccc2)C(=O)NC2CCCCC2)cc1. The zero-order valence-corrected chi connectivity index (χ0v) is 23.3. The van der Waals surface area contributed by atoms with Crippen LogP contribution in [-0.4, -0.2) is 28.8 Å². The minimum atomic E-state index is -0.571. The third-order valence-corrected chi connectivity index (χ3v) is 7.77. The van der Waals surface area contributed by atoms with Crippen LogP contribution in [0.4, 0.5) is 0 Å². The Hall–Kier alpha value is -2.92. The molecule has 0 radical (unpaired) electrons. The second kappa shape index (κ2) is 13.6. The van der Waals surface area contributed by atoms with E-state index in [0.29, 0.717) is 25.8 Å². The van der Waals surface area contributed by atoms with Gasteiger partial charge in [-0.05, 0) is 55.0 Å². The molecule has 0 spiro atoms. The lowest BCUT2D eigenvalue weighted by Crippen LogP contribution is -2.52. The maximum atomic E-state index is 13.8. The summed E-state index contributed by atoms with van der Waals surface area (Å²) in [5.74, 6) is -0.0419. The Morgan fingerprint density at radius 1 is 0.865 bits per heavy atom. The topological polar surface area (TPSA) is 49.4 Å². The van der Waals surface area contributed by atoms with E-state index in [1.165, 1.54) is 12.0 Å². The highest BCUT2D eigenvalue weighted by Crippen LogP contribution is 2.21. The predicted molar refractivity (Wildman–Crippen MR) is 153 cm³/mol. The van der Waals surface area contributed by atoms with Crippen molar-refractivity contribution in [3.63, 3.8) is 0 Å². The average molecular weight is 562 g/mol. The molecule has 0 aromatic heterocycles. The van der Waals surface area contributed by atoms with E-state index in [9.17, 15) is 9.59 Å². The molecule has 2 amide bonds. The normalized spacial score (nSPS) is 14.6. The van der Waals surface area contributed by atoms with Crippen LogP contribution in [0.5, 0.6) is 0 Å². The number of benzene rings is 3. The van der Waals surface area contributed by atoms with Crippen LogP contribution in [0.15, 0.2) is 83.3 Å². The lowest BCUT2D eigenvalue weighted by atomic mass is 9.94. The molecule has 0 bridgehead atoms. The quantitative estimate of drug-likeness (QED) is 0.297. The molecule has 37 heavy (non-hydrogen) atoms. The summed E-state index contributed by atoms with van der Waals surface area (Å²) < 4.78 is 0.990. The fourth-order valence-corrected chi connectivity index (χ4v) is 5.30. The molecule has 3 aromatic carbocycles. The first-order valence-electron chi connectivity index (χ1n) is 13.4. The monoisotopic (exact) mass is 560 g/mol. The van der Waals surface area contributed by atoms with E-state index in [2.05, 4.69) is 52.4 Å². The van der Waals surface area contributed by atoms with Crippen molar-refractivity contribution in [2.45, 2.75) is 76.9 Å². The minimum absolute atomic E-state index is 0.00298. The maximum Gasteiger partial charge on any atom is 0.243 e. The molecule has 0 saturated heterocycles. The lowest BCUT2D eigenvalue weighted by Gasteiger charge is -2.33. The van der Waals surface area contributed by atoms with Crippen LogP contribution in [0, 0.1) is 6.92 Å². The highest BCUT2D eigenvalue weighted by atomic mass is 79.9. The van der Waals surface area contributed by atoms with Gasteiger partial charge in [-0.2, -0.15) is 0 Å². The first-order valence-corrected chi connectivity index (χ1v) is 14.2. The van der Waals surface area contributed by atoms with E-state index < -0.39 is 6.04 Å². The third kappa shape index (κ3) is 8.29. The summed E-state index contributed by atoms with van der Waals surface area (Å²) >= 11 is 3.50. The van der Waals surface area contributed by atoms with Crippen LogP contribution in [0.2, 0.25) is 0 Å². The fraction of sp³-hybridized carbons (Fsp3) is 0.375. The molecule has 0 aliphatic heterocycles. The standard InChI is InChI=1S/C32H37BrN2O2/c1-24-12-14-25(15-13-24)18-21-31(36)35(23-27-16-19-28(33)20-17-27)30(22-26-8-4-2-5-9-26)32(37)34-29-10-6-3-7-11-29/h2,4-5,8-9,12-17,19-20,29-30H,3,6-7,10-11,18,21-23H2,1H3,(H,34,37). The highest BCUT2D eigenvalue weighted by molar-refractivity contribution is 9.10. The van der Waals surface area contributed by atoms with E-state index in [1.807, 2.05) is 59.5 Å². The Balaban J connectivity index is 1.59.